The summed E-state index contributed by atoms with van der Waals surface area (Å²) in [6.07, 6.45) is 3.28. The lowest BCUT2D eigenvalue weighted by molar-refractivity contribution is 0.0685. The number of carboxylic acid groups (broad SMARTS) is 2. The Bertz CT molecular complexity index is 2000. The Morgan fingerprint density at radius 3 is 1.89 bits per heavy atom. The van der Waals surface area contributed by atoms with Crippen molar-refractivity contribution < 1.29 is 46.1 Å². The number of aromatic nitrogens is 2. The number of pyridine rings is 2. The van der Waals surface area contributed by atoms with Gasteiger partial charge in [-0.05, 0) is 85.0 Å². The molecule has 0 aliphatic rings. The molecule has 0 saturated carbocycles. The number of rotatable bonds is 13. The molecule has 0 aliphatic carbocycles. The summed E-state index contributed by atoms with van der Waals surface area (Å²) in [5.74, 6) is -2.64. The van der Waals surface area contributed by atoms with Crippen LogP contribution in [0, 0.1) is 6.92 Å². The number of aromatic carboxylic acids is 2. The van der Waals surface area contributed by atoms with Gasteiger partial charge in [-0.2, -0.15) is 0 Å². The highest BCUT2D eigenvalue weighted by molar-refractivity contribution is 7.93. The van der Waals surface area contributed by atoms with E-state index in [9.17, 15) is 36.6 Å². The number of nitrogens with one attached hydrogen (secondary N) is 2. The minimum atomic E-state index is -4.27. The molecule has 2 aromatic carbocycles. The molecule has 0 spiro atoms. The van der Waals surface area contributed by atoms with Gasteiger partial charge in [0.1, 0.15) is 11.4 Å². The van der Waals surface area contributed by atoms with Crippen molar-refractivity contribution in [2.75, 3.05) is 23.7 Å². The molecular weight excluding hydrogens is 628 g/mol. The lowest BCUT2D eigenvalue weighted by Crippen LogP contribution is -2.16. The molecule has 0 fully saturated rings. The van der Waals surface area contributed by atoms with E-state index in [1.165, 1.54) is 69.1 Å². The van der Waals surface area contributed by atoms with Crippen molar-refractivity contribution in [2.45, 2.75) is 29.6 Å². The Morgan fingerprint density at radius 1 is 0.711 bits per heavy atom. The molecule has 0 bridgehead atoms. The molecule has 2 aromatic heterocycles. The predicted octanol–water partition coefficient (Wildman–Crippen LogP) is 3.59. The smallest absolute Gasteiger partial charge is 0.335 e. The van der Waals surface area contributed by atoms with Crippen LogP contribution < -0.4 is 18.9 Å². The van der Waals surface area contributed by atoms with E-state index in [1.54, 1.807) is 6.92 Å². The van der Waals surface area contributed by atoms with Crippen LogP contribution >= 0.6 is 0 Å². The van der Waals surface area contributed by atoms with Crippen molar-refractivity contribution in [1.82, 2.24) is 9.97 Å². The standard InChI is InChI=1S/C29H28N4O10S2/c1-17-9-24(26(42-2)30-15-17)32-45(40,41)23-11-18(10-21(14-23)29(36)37)7-8-19-12-25(27(43-3)31-16-19)33-44(38,39)22-6-4-5-20(13-22)28(34)35/h4-6,9-16,32-33H,7-8H2,1-3H3,(H,34,35)(H,36,37). The quantitative estimate of drug-likeness (QED) is 0.163. The fourth-order valence-electron chi connectivity index (χ4n) is 4.24. The molecule has 0 atom stereocenters. The van der Waals surface area contributed by atoms with E-state index in [0.717, 1.165) is 12.1 Å². The summed E-state index contributed by atoms with van der Waals surface area (Å²) in [5.41, 5.74) is 1.12. The maximum Gasteiger partial charge on any atom is 0.335 e. The van der Waals surface area contributed by atoms with Crippen molar-refractivity contribution in [3.8, 4) is 11.8 Å². The lowest BCUT2D eigenvalue weighted by atomic mass is 10.0. The number of nitrogens with zero attached hydrogens (tertiary/aromatic N) is 2. The Hall–Kier alpha value is -5.22. The van der Waals surface area contributed by atoms with Crippen LogP contribution in [0.3, 0.4) is 0 Å². The molecule has 0 saturated heterocycles. The van der Waals surface area contributed by atoms with Gasteiger partial charge in [0.25, 0.3) is 20.0 Å². The second-order valence-electron chi connectivity index (χ2n) is 9.68. The normalized spacial score (nSPS) is 11.4. The zero-order chi connectivity index (χ0) is 32.9. The molecule has 0 aliphatic heterocycles. The zero-order valence-corrected chi connectivity index (χ0v) is 25.8. The maximum absolute atomic E-state index is 13.3. The van der Waals surface area contributed by atoms with Gasteiger partial charge in [-0.15, -0.1) is 0 Å². The topological polar surface area (TPSA) is 211 Å². The third kappa shape index (κ3) is 7.84. The van der Waals surface area contributed by atoms with Gasteiger partial charge in [-0.25, -0.2) is 36.4 Å². The first-order valence-corrected chi connectivity index (χ1v) is 16.0. The minimum Gasteiger partial charge on any atom is -0.480 e. The predicted molar refractivity (Wildman–Crippen MR) is 162 cm³/mol. The van der Waals surface area contributed by atoms with Crippen molar-refractivity contribution in [1.29, 1.82) is 0 Å². The van der Waals surface area contributed by atoms with Crippen molar-refractivity contribution >= 4 is 43.4 Å². The van der Waals surface area contributed by atoms with Gasteiger partial charge in [-0.1, -0.05) is 6.07 Å². The SMILES string of the molecule is COc1ncc(C)cc1NS(=O)(=O)c1cc(CCc2cnc(OC)c(NS(=O)(=O)c3cccc(C(=O)O)c3)c2)cc(C(=O)O)c1. The van der Waals surface area contributed by atoms with E-state index in [-0.39, 0.29) is 56.9 Å². The summed E-state index contributed by atoms with van der Waals surface area (Å²) in [6, 6.07) is 11.5. The summed E-state index contributed by atoms with van der Waals surface area (Å²) in [7, 11) is -5.89. The van der Waals surface area contributed by atoms with Crippen LogP contribution in [0.1, 0.15) is 37.4 Å². The molecule has 0 unspecified atom stereocenters. The number of carboxylic acids is 2. The summed E-state index contributed by atoms with van der Waals surface area (Å²) >= 11 is 0. The average Bonchev–Trinajstić information content (AvgIpc) is 2.99. The molecule has 236 valence electrons. The van der Waals surface area contributed by atoms with E-state index in [2.05, 4.69) is 19.4 Å². The van der Waals surface area contributed by atoms with Crippen LogP contribution in [0.2, 0.25) is 0 Å². The molecule has 0 amide bonds. The third-order valence-electron chi connectivity index (χ3n) is 6.39. The number of carbonyl (C=O) groups is 2. The summed E-state index contributed by atoms with van der Waals surface area (Å²) in [5, 5.41) is 18.9. The number of aryl methyl sites for hydroxylation is 3. The Labute approximate surface area is 258 Å². The van der Waals surface area contributed by atoms with E-state index < -0.39 is 32.0 Å². The zero-order valence-electron chi connectivity index (χ0n) is 24.1. The van der Waals surface area contributed by atoms with Crippen LogP contribution in [-0.4, -0.2) is 63.2 Å². The van der Waals surface area contributed by atoms with Gasteiger partial charge >= 0.3 is 11.9 Å². The highest BCUT2D eigenvalue weighted by Crippen LogP contribution is 2.28. The largest absolute Gasteiger partial charge is 0.480 e. The molecule has 4 rings (SSSR count). The number of anilines is 2. The van der Waals surface area contributed by atoms with Crippen LogP contribution in [0.15, 0.2) is 76.8 Å². The van der Waals surface area contributed by atoms with Gasteiger partial charge in [0, 0.05) is 12.4 Å². The molecule has 16 heteroatoms. The van der Waals surface area contributed by atoms with E-state index in [0.29, 0.717) is 16.7 Å². The van der Waals surface area contributed by atoms with Gasteiger partial charge in [0.2, 0.25) is 11.8 Å². The Kier molecular flexibility index (Phi) is 9.58. The lowest BCUT2D eigenvalue weighted by Gasteiger charge is -2.14. The highest BCUT2D eigenvalue weighted by Gasteiger charge is 2.22. The molecule has 4 N–H and O–H groups in total. The second kappa shape index (κ2) is 13.2. The van der Waals surface area contributed by atoms with Crippen LogP contribution in [0.5, 0.6) is 11.8 Å². The fourth-order valence-corrected chi connectivity index (χ4v) is 6.47. The van der Waals surface area contributed by atoms with Crippen molar-refractivity contribution in [3.63, 3.8) is 0 Å². The monoisotopic (exact) mass is 656 g/mol. The molecule has 14 nitrogen and oxygen atoms in total. The number of hydrogen-bond donors (Lipinski definition) is 4. The van der Waals surface area contributed by atoms with Crippen LogP contribution in [0.4, 0.5) is 11.4 Å². The van der Waals surface area contributed by atoms with Gasteiger partial charge in [0.15, 0.2) is 0 Å². The van der Waals surface area contributed by atoms with Gasteiger partial charge < -0.3 is 19.7 Å². The molecular formula is C29H28N4O10S2. The van der Waals surface area contributed by atoms with E-state index in [4.69, 9.17) is 9.47 Å². The van der Waals surface area contributed by atoms with E-state index in [1.807, 2.05) is 0 Å². The molecule has 4 aromatic rings. The first kappa shape index (κ1) is 32.7. The van der Waals surface area contributed by atoms with E-state index >= 15 is 0 Å². The molecule has 2 heterocycles. The maximum atomic E-state index is 13.3. The van der Waals surface area contributed by atoms with Crippen LogP contribution in [-0.2, 0) is 32.9 Å². The number of sulfonamides is 2. The van der Waals surface area contributed by atoms with Crippen molar-refractivity contribution in [3.05, 3.63) is 94.8 Å². The Balaban J connectivity index is 1.61. The number of benzene rings is 2. The summed E-state index contributed by atoms with van der Waals surface area (Å²) in [4.78, 5) is 30.8. The molecule has 0 radical (unpaired) electrons. The average molecular weight is 657 g/mol. The summed E-state index contributed by atoms with van der Waals surface area (Å²) < 4.78 is 67.8. The van der Waals surface area contributed by atoms with Gasteiger partial charge in [-0.3, -0.25) is 9.44 Å². The van der Waals surface area contributed by atoms with Gasteiger partial charge in [0.05, 0.1) is 35.1 Å². The first-order chi connectivity index (χ1) is 21.2. The summed E-state index contributed by atoms with van der Waals surface area (Å²) in [6.45, 7) is 1.72. The number of methoxy groups -OCH3 is 2. The van der Waals surface area contributed by atoms with Crippen LogP contribution in [0.25, 0.3) is 0 Å². The molecule has 45 heavy (non-hydrogen) atoms. The minimum absolute atomic E-state index is 0.0248. The van der Waals surface area contributed by atoms with Crippen molar-refractivity contribution in [2.24, 2.45) is 0 Å². The number of hydrogen-bond acceptors (Lipinski definition) is 10. The Morgan fingerprint density at radius 2 is 1.27 bits per heavy atom. The first-order valence-electron chi connectivity index (χ1n) is 13.0. The second-order valence-corrected chi connectivity index (χ2v) is 13.0. The highest BCUT2D eigenvalue weighted by atomic mass is 32.2. The fraction of sp³-hybridized carbons (Fsp3) is 0.172. The third-order valence-corrected chi connectivity index (χ3v) is 9.10. The number of ether oxygens (including phenoxy) is 2.